The van der Waals surface area contributed by atoms with E-state index in [4.69, 9.17) is 21.1 Å². The Morgan fingerprint density at radius 3 is 2.50 bits per heavy atom. The Kier molecular flexibility index (Phi) is 7.08. The molecule has 3 aromatic rings. The number of benzene rings is 3. The number of nitro groups is 1. The number of hydrogen-bond donors (Lipinski definition) is 1. The minimum absolute atomic E-state index is 0.0207. The van der Waals surface area contributed by atoms with Gasteiger partial charge in [-0.25, -0.2) is 4.39 Å². The molecule has 0 bridgehead atoms. The Bertz CT molecular complexity index is 1030. The minimum atomic E-state index is -0.446. The van der Waals surface area contributed by atoms with Crippen LogP contribution in [0.15, 0.2) is 60.7 Å². The number of nitrogens with zero attached hydrogens (tertiary/aromatic N) is 1. The van der Waals surface area contributed by atoms with Gasteiger partial charge in [0.15, 0.2) is 11.5 Å². The van der Waals surface area contributed by atoms with Crippen LogP contribution in [0.3, 0.4) is 0 Å². The molecule has 3 aromatic carbocycles. The number of nitro benzene ring substituents is 1. The van der Waals surface area contributed by atoms with Crippen LogP contribution in [0, 0.1) is 15.9 Å². The third-order valence-corrected chi connectivity index (χ3v) is 4.55. The number of halogens is 2. The lowest BCUT2D eigenvalue weighted by Gasteiger charge is -2.16. The molecule has 0 aliphatic carbocycles. The van der Waals surface area contributed by atoms with Gasteiger partial charge in [-0.2, -0.15) is 0 Å². The van der Waals surface area contributed by atoms with E-state index in [1.54, 1.807) is 42.5 Å². The molecule has 0 saturated carbocycles. The first kappa shape index (κ1) is 21.4. The van der Waals surface area contributed by atoms with Crippen LogP contribution >= 0.6 is 11.6 Å². The molecule has 0 heterocycles. The largest absolute Gasteiger partial charge is 0.490 e. The van der Waals surface area contributed by atoms with Crippen molar-refractivity contribution < 1.29 is 18.8 Å². The second-order valence-corrected chi connectivity index (χ2v) is 6.78. The Morgan fingerprint density at radius 2 is 1.83 bits per heavy atom. The van der Waals surface area contributed by atoms with E-state index in [-0.39, 0.29) is 18.1 Å². The molecule has 0 fully saturated rings. The summed E-state index contributed by atoms with van der Waals surface area (Å²) in [6.45, 7) is 2.69. The van der Waals surface area contributed by atoms with Gasteiger partial charge in [-0.3, -0.25) is 10.1 Å². The Labute approximate surface area is 178 Å². The van der Waals surface area contributed by atoms with Crippen LogP contribution in [-0.2, 0) is 13.2 Å². The number of hydrogen-bond acceptors (Lipinski definition) is 5. The summed E-state index contributed by atoms with van der Waals surface area (Å²) >= 11 is 6.41. The zero-order valence-electron chi connectivity index (χ0n) is 16.2. The van der Waals surface area contributed by atoms with Crippen molar-refractivity contribution in [3.05, 3.63) is 92.7 Å². The van der Waals surface area contributed by atoms with Crippen molar-refractivity contribution in [2.45, 2.75) is 20.1 Å². The van der Waals surface area contributed by atoms with Gasteiger partial charge in [0.1, 0.15) is 12.4 Å². The number of rotatable bonds is 9. The number of nitrogens with one attached hydrogen (secondary N) is 1. The molecular formula is C22H20ClFN2O4. The van der Waals surface area contributed by atoms with Gasteiger partial charge in [0.25, 0.3) is 5.69 Å². The molecule has 0 atom stereocenters. The van der Waals surface area contributed by atoms with Crippen LogP contribution in [0.2, 0.25) is 5.02 Å². The van der Waals surface area contributed by atoms with E-state index in [2.05, 4.69) is 5.32 Å². The third kappa shape index (κ3) is 5.39. The Hall–Kier alpha value is -3.32. The maximum Gasteiger partial charge on any atom is 0.269 e. The molecule has 3 rings (SSSR count). The van der Waals surface area contributed by atoms with Gasteiger partial charge in [-0.15, -0.1) is 0 Å². The van der Waals surface area contributed by atoms with Crippen LogP contribution in [0.5, 0.6) is 11.5 Å². The molecule has 0 radical (unpaired) electrons. The van der Waals surface area contributed by atoms with E-state index in [1.165, 1.54) is 18.2 Å². The molecule has 156 valence electrons. The lowest BCUT2D eigenvalue weighted by Crippen LogP contribution is -2.04. The second-order valence-electron chi connectivity index (χ2n) is 6.38. The summed E-state index contributed by atoms with van der Waals surface area (Å²) in [7, 11) is 0. The monoisotopic (exact) mass is 430 g/mol. The molecule has 0 amide bonds. The van der Waals surface area contributed by atoms with Crippen molar-refractivity contribution in [1.82, 2.24) is 0 Å². The van der Waals surface area contributed by atoms with E-state index in [0.29, 0.717) is 35.2 Å². The average molecular weight is 431 g/mol. The summed E-state index contributed by atoms with van der Waals surface area (Å²) in [6.07, 6.45) is 0. The van der Waals surface area contributed by atoms with Gasteiger partial charge in [-0.1, -0.05) is 29.8 Å². The molecule has 0 unspecified atom stereocenters. The van der Waals surface area contributed by atoms with E-state index in [0.717, 1.165) is 11.3 Å². The summed E-state index contributed by atoms with van der Waals surface area (Å²) in [5.74, 6) is 0.457. The molecule has 0 aromatic heterocycles. The molecule has 30 heavy (non-hydrogen) atoms. The van der Waals surface area contributed by atoms with Gasteiger partial charge in [-0.05, 0) is 42.8 Å². The van der Waals surface area contributed by atoms with Crippen molar-refractivity contribution in [1.29, 1.82) is 0 Å². The highest BCUT2D eigenvalue weighted by atomic mass is 35.5. The smallest absolute Gasteiger partial charge is 0.269 e. The standard InChI is InChI=1S/C22H20ClFN2O4/c1-2-29-21-12-15(13-25-17-7-9-18(10-8-17)26(27)28)11-19(23)22(21)30-14-16-5-3-4-6-20(16)24/h3-12,25H,2,13-14H2,1H3. The lowest BCUT2D eigenvalue weighted by atomic mass is 10.2. The topological polar surface area (TPSA) is 73.6 Å². The number of non-ortho nitro benzene ring substituents is 1. The predicted molar refractivity (Wildman–Crippen MR) is 114 cm³/mol. The molecule has 0 aliphatic rings. The third-order valence-electron chi connectivity index (χ3n) is 4.27. The summed E-state index contributed by atoms with van der Waals surface area (Å²) in [5, 5.41) is 14.3. The molecule has 0 saturated heterocycles. The first-order valence-corrected chi connectivity index (χ1v) is 9.65. The fourth-order valence-corrected chi connectivity index (χ4v) is 3.08. The fourth-order valence-electron chi connectivity index (χ4n) is 2.80. The molecule has 0 aliphatic heterocycles. The van der Waals surface area contributed by atoms with Crippen LogP contribution < -0.4 is 14.8 Å². The Morgan fingerprint density at radius 1 is 1.10 bits per heavy atom. The van der Waals surface area contributed by atoms with Crippen molar-refractivity contribution in [2.75, 3.05) is 11.9 Å². The molecule has 6 nitrogen and oxygen atoms in total. The van der Waals surface area contributed by atoms with Crippen LogP contribution in [-0.4, -0.2) is 11.5 Å². The van der Waals surface area contributed by atoms with E-state index >= 15 is 0 Å². The quantitative estimate of drug-likeness (QED) is 0.334. The fraction of sp³-hybridized carbons (Fsp3) is 0.182. The molecule has 0 spiro atoms. The van der Waals surface area contributed by atoms with Crippen molar-refractivity contribution in [2.24, 2.45) is 0 Å². The predicted octanol–water partition coefficient (Wildman–Crippen LogP) is 5.98. The van der Waals surface area contributed by atoms with Crippen LogP contribution in [0.1, 0.15) is 18.1 Å². The van der Waals surface area contributed by atoms with E-state index in [1.807, 2.05) is 6.92 Å². The molecule has 8 heteroatoms. The highest BCUT2D eigenvalue weighted by molar-refractivity contribution is 6.32. The van der Waals surface area contributed by atoms with Crippen molar-refractivity contribution >= 4 is 23.0 Å². The highest BCUT2D eigenvalue weighted by Gasteiger charge is 2.14. The van der Waals surface area contributed by atoms with E-state index in [9.17, 15) is 14.5 Å². The van der Waals surface area contributed by atoms with Gasteiger partial charge in [0.2, 0.25) is 0 Å². The van der Waals surface area contributed by atoms with Crippen LogP contribution in [0.4, 0.5) is 15.8 Å². The van der Waals surface area contributed by atoms with E-state index < -0.39 is 4.92 Å². The maximum atomic E-state index is 13.8. The van der Waals surface area contributed by atoms with Gasteiger partial charge in [0, 0.05) is 29.9 Å². The van der Waals surface area contributed by atoms with Gasteiger partial charge in [0.05, 0.1) is 16.6 Å². The molecule has 1 N–H and O–H groups in total. The van der Waals surface area contributed by atoms with Crippen molar-refractivity contribution in [3.63, 3.8) is 0 Å². The zero-order valence-corrected chi connectivity index (χ0v) is 17.0. The van der Waals surface area contributed by atoms with Crippen molar-refractivity contribution in [3.8, 4) is 11.5 Å². The SMILES string of the molecule is CCOc1cc(CNc2ccc([N+](=O)[O-])cc2)cc(Cl)c1OCc1ccccc1F. The highest BCUT2D eigenvalue weighted by Crippen LogP contribution is 2.37. The van der Waals surface area contributed by atoms with Gasteiger partial charge >= 0.3 is 0 Å². The number of ether oxygens (including phenoxy) is 2. The molecular weight excluding hydrogens is 411 g/mol. The normalized spacial score (nSPS) is 10.5. The first-order chi connectivity index (χ1) is 14.5. The summed E-state index contributed by atoms with van der Waals surface area (Å²) in [4.78, 5) is 10.3. The summed E-state index contributed by atoms with van der Waals surface area (Å²) < 4.78 is 25.3. The average Bonchev–Trinajstić information content (AvgIpc) is 2.73. The Balaban J connectivity index is 1.73. The number of anilines is 1. The lowest BCUT2D eigenvalue weighted by molar-refractivity contribution is -0.384. The summed E-state index contributed by atoms with van der Waals surface area (Å²) in [5.41, 5.74) is 2.01. The van der Waals surface area contributed by atoms with Gasteiger partial charge < -0.3 is 14.8 Å². The maximum absolute atomic E-state index is 13.8. The summed E-state index contributed by atoms with van der Waals surface area (Å²) in [6, 6.07) is 16.0. The zero-order chi connectivity index (χ0) is 21.5. The minimum Gasteiger partial charge on any atom is -0.490 e. The van der Waals surface area contributed by atoms with Crippen LogP contribution in [0.25, 0.3) is 0 Å². The second kappa shape index (κ2) is 9.93. The first-order valence-electron chi connectivity index (χ1n) is 9.27.